The highest BCUT2D eigenvalue weighted by atomic mass is 19.4. The molecule has 194 valence electrons. The number of nitrogens with one attached hydrogen (secondary N) is 1. The summed E-state index contributed by atoms with van der Waals surface area (Å²) in [6.07, 6.45) is -1.44. The first-order valence-corrected chi connectivity index (χ1v) is 11.9. The van der Waals surface area contributed by atoms with E-state index in [9.17, 15) is 18.0 Å². The maximum Gasteiger partial charge on any atom is 0.418 e. The first kappa shape index (κ1) is 25.2. The molecule has 2 N–H and O–H groups in total. The summed E-state index contributed by atoms with van der Waals surface area (Å²) in [4.78, 5) is 17.5. The Morgan fingerprint density at radius 3 is 2.50 bits per heavy atom. The van der Waals surface area contributed by atoms with Gasteiger partial charge in [0.2, 0.25) is 0 Å². The van der Waals surface area contributed by atoms with Crippen molar-refractivity contribution in [3.63, 3.8) is 0 Å². The number of aliphatic hydroxyl groups is 1. The maximum absolute atomic E-state index is 14.1. The fourth-order valence-electron chi connectivity index (χ4n) is 4.35. The van der Waals surface area contributed by atoms with Crippen LogP contribution in [0, 0.1) is 6.92 Å². The van der Waals surface area contributed by atoms with Crippen molar-refractivity contribution in [1.82, 2.24) is 14.8 Å². The van der Waals surface area contributed by atoms with Crippen molar-refractivity contribution in [2.75, 3.05) is 18.5 Å². The zero-order chi connectivity index (χ0) is 26.9. The summed E-state index contributed by atoms with van der Waals surface area (Å²) < 4.78 is 48.5. The van der Waals surface area contributed by atoms with E-state index in [1.54, 1.807) is 36.5 Å². The second-order valence-corrected chi connectivity index (χ2v) is 8.80. The average molecular weight is 521 g/mol. The van der Waals surface area contributed by atoms with E-state index in [4.69, 9.17) is 9.52 Å². The van der Waals surface area contributed by atoms with Crippen LogP contribution in [-0.4, -0.2) is 33.0 Å². The number of alkyl halides is 3. The standard InChI is InChI=1S/C28H23F3N4O3/c1-17-11-18(25-15-32-16-38-25)13-19(12-17)26-21-5-2-3-6-22(21)27(37)35(34-26)24-14-20(33-9-4-10-36)7-8-23(24)28(29,30)31/h2-3,5-8,11-16,33,36H,4,9-10H2,1H3. The number of hydrogen-bond acceptors (Lipinski definition) is 6. The number of anilines is 1. The highest BCUT2D eigenvalue weighted by Crippen LogP contribution is 2.36. The Morgan fingerprint density at radius 1 is 1.03 bits per heavy atom. The van der Waals surface area contributed by atoms with Crippen LogP contribution in [0.25, 0.3) is 39.0 Å². The van der Waals surface area contributed by atoms with Gasteiger partial charge < -0.3 is 14.8 Å². The number of rotatable bonds is 7. The second-order valence-electron chi connectivity index (χ2n) is 8.80. The smallest absolute Gasteiger partial charge is 0.418 e. The van der Waals surface area contributed by atoms with Crippen LogP contribution in [0.1, 0.15) is 17.5 Å². The van der Waals surface area contributed by atoms with Gasteiger partial charge in [0.05, 0.1) is 28.5 Å². The molecule has 0 fully saturated rings. The van der Waals surface area contributed by atoms with Gasteiger partial charge in [-0.2, -0.15) is 23.0 Å². The average Bonchev–Trinajstić information content (AvgIpc) is 3.44. The number of oxazole rings is 1. The Kier molecular flexibility index (Phi) is 6.73. The molecule has 7 nitrogen and oxygen atoms in total. The van der Waals surface area contributed by atoms with Crippen molar-refractivity contribution >= 4 is 16.5 Å². The molecule has 0 aliphatic carbocycles. The van der Waals surface area contributed by atoms with E-state index in [0.29, 0.717) is 46.6 Å². The van der Waals surface area contributed by atoms with Crippen LogP contribution < -0.4 is 10.9 Å². The summed E-state index contributed by atoms with van der Waals surface area (Å²) in [5.74, 6) is 0.522. The molecule has 0 radical (unpaired) electrons. The van der Waals surface area contributed by atoms with E-state index in [1.807, 2.05) is 19.1 Å². The lowest BCUT2D eigenvalue weighted by atomic mass is 9.99. The molecule has 0 bridgehead atoms. The molecule has 38 heavy (non-hydrogen) atoms. The minimum absolute atomic E-state index is 0.0674. The zero-order valence-corrected chi connectivity index (χ0v) is 20.3. The monoisotopic (exact) mass is 520 g/mol. The molecule has 0 saturated heterocycles. The Morgan fingerprint density at radius 2 is 1.79 bits per heavy atom. The number of benzene rings is 3. The topological polar surface area (TPSA) is 93.2 Å². The predicted octanol–water partition coefficient (Wildman–Crippen LogP) is 5.83. The Balaban J connectivity index is 1.77. The van der Waals surface area contributed by atoms with Gasteiger partial charge in [0, 0.05) is 35.4 Å². The molecule has 0 atom stereocenters. The molecule has 0 amide bonds. The van der Waals surface area contributed by atoms with Gasteiger partial charge in [0.25, 0.3) is 5.56 Å². The van der Waals surface area contributed by atoms with Crippen molar-refractivity contribution in [2.24, 2.45) is 0 Å². The maximum atomic E-state index is 14.1. The molecular weight excluding hydrogens is 497 g/mol. The van der Waals surface area contributed by atoms with Crippen molar-refractivity contribution in [1.29, 1.82) is 0 Å². The third kappa shape index (κ3) is 4.90. The molecule has 2 aromatic heterocycles. The van der Waals surface area contributed by atoms with E-state index < -0.39 is 23.0 Å². The van der Waals surface area contributed by atoms with Gasteiger partial charge in [-0.1, -0.05) is 18.2 Å². The van der Waals surface area contributed by atoms with E-state index in [2.05, 4.69) is 15.4 Å². The third-order valence-electron chi connectivity index (χ3n) is 6.07. The molecule has 0 aliphatic heterocycles. The van der Waals surface area contributed by atoms with Crippen molar-refractivity contribution in [3.8, 4) is 28.3 Å². The fraction of sp³-hybridized carbons (Fsp3) is 0.179. The minimum atomic E-state index is -4.73. The number of aromatic nitrogens is 3. The molecule has 10 heteroatoms. The molecular formula is C28H23F3N4O3. The number of fused-ring (bicyclic) bond motifs is 1. The van der Waals surface area contributed by atoms with Gasteiger partial charge in [-0.3, -0.25) is 4.79 Å². The SMILES string of the molecule is Cc1cc(-c2cnco2)cc(-c2nn(-c3cc(NCCCO)ccc3C(F)(F)F)c(=O)c3ccccc23)c1. The zero-order valence-electron chi connectivity index (χ0n) is 20.3. The first-order chi connectivity index (χ1) is 18.3. The van der Waals surface area contributed by atoms with Crippen LogP contribution in [0.5, 0.6) is 0 Å². The van der Waals surface area contributed by atoms with E-state index in [0.717, 1.165) is 16.3 Å². The number of aryl methyl sites for hydroxylation is 1. The van der Waals surface area contributed by atoms with Crippen LogP contribution in [0.4, 0.5) is 18.9 Å². The van der Waals surface area contributed by atoms with Gasteiger partial charge in [-0.05, 0) is 61.4 Å². The lowest BCUT2D eigenvalue weighted by molar-refractivity contribution is -0.137. The van der Waals surface area contributed by atoms with Gasteiger partial charge in [-0.15, -0.1) is 0 Å². The van der Waals surface area contributed by atoms with Crippen LogP contribution in [0.3, 0.4) is 0 Å². The van der Waals surface area contributed by atoms with Gasteiger partial charge in [0.15, 0.2) is 12.2 Å². The lowest BCUT2D eigenvalue weighted by Gasteiger charge is -2.18. The molecule has 5 aromatic rings. The van der Waals surface area contributed by atoms with Crippen molar-refractivity contribution in [3.05, 3.63) is 94.7 Å². The summed E-state index contributed by atoms with van der Waals surface area (Å²) in [5.41, 5.74) is 0.831. The van der Waals surface area contributed by atoms with Crippen LogP contribution >= 0.6 is 0 Å². The second kappa shape index (κ2) is 10.1. The summed E-state index contributed by atoms with van der Waals surface area (Å²) in [7, 11) is 0. The molecule has 3 aromatic carbocycles. The number of halogens is 3. The van der Waals surface area contributed by atoms with Crippen molar-refractivity contribution in [2.45, 2.75) is 19.5 Å². The predicted molar refractivity (Wildman–Crippen MR) is 138 cm³/mol. The Labute approximate surface area is 215 Å². The third-order valence-corrected chi connectivity index (χ3v) is 6.07. The normalized spacial score (nSPS) is 11.7. The highest BCUT2D eigenvalue weighted by Gasteiger charge is 2.35. The largest absolute Gasteiger partial charge is 0.444 e. The van der Waals surface area contributed by atoms with Crippen LogP contribution in [0.2, 0.25) is 0 Å². The van der Waals surface area contributed by atoms with Gasteiger partial charge in [-0.25, -0.2) is 4.98 Å². The summed E-state index contributed by atoms with van der Waals surface area (Å²) in [6.45, 7) is 2.16. The molecule has 0 unspecified atom stereocenters. The molecule has 2 heterocycles. The summed E-state index contributed by atoms with van der Waals surface area (Å²) in [6, 6.07) is 15.7. The Bertz CT molecular complexity index is 1660. The molecule has 0 spiro atoms. The van der Waals surface area contributed by atoms with Crippen LogP contribution in [0.15, 0.2) is 82.5 Å². The molecule has 0 saturated carbocycles. The number of aliphatic hydroxyl groups excluding tert-OH is 1. The van der Waals surface area contributed by atoms with Crippen LogP contribution in [-0.2, 0) is 6.18 Å². The fourth-order valence-corrected chi connectivity index (χ4v) is 4.35. The summed E-state index contributed by atoms with van der Waals surface area (Å²) >= 11 is 0. The Hall–Kier alpha value is -4.44. The van der Waals surface area contributed by atoms with Crippen molar-refractivity contribution < 1.29 is 22.7 Å². The quantitative estimate of drug-likeness (QED) is 0.262. The summed E-state index contributed by atoms with van der Waals surface area (Å²) in [5, 5.41) is 17.3. The highest BCUT2D eigenvalue weighted by molar-refractivity contribution is 5.94. The van der Waals surface area contributed by atoms with E-state index in [-0.39, 0.29) is 12.0 Å². The van der Waals surface area contributed by atoms with Gasteiger partial charge >= 0.3 is 6.18 Å². The number of nitrogens with zero attached hydrogens (tertiary/aromatic N) is 3. The van der Waals surface area contributed by atoms with Gasteiger partial charge in [0.1, 0.15) is 0 Å². The van der Waals surface area contributed by atoms with E-state index in [1.165, 1.54) is 18.5 Å². The molecule has 5 rings (SSSR count). The first-order valence-electron chi connectivity index (χ1n) is 11.9. The number of hydrogen-bond donors (Lipinski definition) is 2. The molecule has 0 aliphatic rings. The van der Waals surface area contributed by atoms with E-state index >= 15 is 0 Å². The lowest BCUT2D eigenvalue weighted by Crippen LogP contribution is -2.25. The minimum Gasteiger partial charge on any atom is -0.444 e.